The van der Waals surface area contributed by atoms with Crippen LogP contribution >= 0.6 is 0 Å². The predicted molar refractivity (Wildman–Crippen MR) is 143 cm³/mol. The Morgan fingerprint density at radius 2 is 1.69 bits per heavy atom. The topological polar surface area (TPSA) is 61.9 Å². The number of rotatable bonds is 10. The van der Waals surface area contributed by atoms with Gasteiger partial charge in [0.2, 0.25) is 11.8 Å². The average molecular weight is 492 g/mol. The maximum atomic E-state index is 13.8. The van der Waals surface area contributed by atoms with Crippen molar-refractivity contribution in [3.8, 4) is 5.75 Å². The van der Waals surface area contributed by atoms with Gasteiger partial charge >= 0.3 is 0 Å². The van der Waals surface area contributed by atoms with Crippen LogP contribution in [0.15, 0.2) is 54.6 Å². The molecular formula is C30H41N3O3. The molecule has 0 saturated carbocycles. The van der Waals surface area contributed by atoms with Crippen LogP contribution in [-0.2, 0) is 22.6 Å². The van der Waals surface area contributed by atoms with Crippen molar-refractivity contribution in [2.24, 2.45) is 5.92 Å². The monoisotopic (exact) mass is 491 g/mol. The van der Waals surface area contributed by atoms with Crippen molar-refractivity contribution in [2.45, 2.75) is 70.5 Å². The van der Waals surface area contributed by atoms with Crippen LogP contribution in [0.3, 0.4) is 0 Å². The van der Waals surface area contributed by atoms with Gasteiger partial charge in [-0.2, -0.15) is 0 Å². The van der Waals surface area contributed by atoms with Crippen LogP contribution in [0, 0.1) is 5.92 Å². The summed E-state index contributed by atoms with van der Waals surface area (Å²) in [7, 11) is 1.65. The molecule has 2 fully saturated rings. The predicted octanol–water partition coefficient (Wildman–Crippen LogP) is 4.43. The average Bonchev–Trinajstić information content (AvgIpc) is 2.89. The van der Waals surface area contributed by atoms with E-state index in [0.29, 0.717) is 31.7 Å². The zero-order chi connectivity index (χ0) is 25.5. The van der Waals surface area contributed by atoms with Gasteiger partial charge in [-0.15, -0.1) is 0 Å². The van der Waals surface area contributed by atoms with Crippen LogP contribution in [-0.4, -0.2) is 59.9 Å². The summed E-state index contributed by atoms with van der Waals surface area (Å²) in [6.45, 7) is 7.24. The molecule has 0 aromatic heterocycles. The van der Waals surface area contributed by atoms with Gasteiger partial charge < -0.3 is 19.9 Å². The fourth-order valence-corrected chi connectivity index (χ4v) is 5.69. The number of piperazine rings is 1. The highest BCUT2D eigenvalue weighted by molar-refractivity contribution is 6.00. The molecule has 0 radical (unpaired) electrons. The maximum absolute atomic E-state index is 13.8. The number of carbonyl (C=O) groups is 2. The lowest BCUT2D eigenvalue weighted by Crippen LogP contribution is -2.72. The number of amides is 2. The summed E-state index contributed by atoms with van der Waals surface area (Å²) >= 11 is 0. The molecule has 0 aliphatic carbocycles. The SMILES string of the molecule is COc1ccccc1CN1C(=O)[C@H](CC(C)C)NC(=O)C12CCN(CCCCc1ccccc1)CC2. The van der Waals surface area contributed by atoms with E-state index in [2.05, 4.69) is 54.4 Å². The molecule has 36 heavy (non-hydrogen) atoms. The van der Waals surface area contributed by atoms with Crippen molar-refractivity contribution in [1.82, 2.24) is 15.1 Å². The number of likely N-dealkylation sites (tertiary alicyclic amines) is 1. The first-order valence-electron chi connectivity index (χ1n) is 13.4. The zero-order valence-corrected chi connectivity index (χ0v) is 22.0. The Morgan fingerprint density at radius 1 is 1.00 bits per heavy atom. The Hall–Kier alpha value is -2.86. The van der Waals surface area contributed by atoms with Gasteiger partial charge in [0.05, 0.1) is 13.7 Å². The number of hydrogen-bond acceptors (Lipinski definition) is 4. The minimum atomic E-state index is -0.800. The standard InChI is InChI=1S/C30H41N3O3/c1-23(2)21-26-28(34)33(22-25-14-7-8-15-27(25)36-3)30(29(35)31-26)16-19-32(20-17-30)18-10-9-13-24-11-5-4-6-12-24/h4-8,11-12,14-15,23,26H,9-10,13,16-22H2,1-3H3,(H,31,35)/t26-/m0/s1. The number of benzene rings is 2. The van der Waals surface area contributed by atoms with Crippen molar-refractivity contribution >= 4 is 11.8 Å². The van der Waals surface area contributed by atoms with Gasteiger partial charge in [0.25, 0.3) is 0 Å². The third kappa shape index (κ3) is 5.92. The molecule has 0 bridgehead atoms. The quantitative estimate of drug-likeness (QED) is 0.500. The largest absolute Gasteiger partial charge is 0.496 e. The Morgan fingerprint density at radius 3 is 2.39 bits per heavy atom. The molecule has 1 N–H and O–H groups in total. The summed E-state index contributed by atoms with van der Waals surface area (Å²) in [6, 6.07) is 18.0. The number of piperidine rings is 1. The third-order valence-electron chi connectivity index (χ3n) is 7.75. The van der Waals surface area contributed by atoms with Gasteiger partial charge in [0, 0.05) is 18.7 Å². The lowest BCUT2D eigenvalue weighted by Gasteiger charge is -2.52. The minimum Gasteiger partial charge on any atom is -0.496 e. The van der Waals surface area contributed by atoms with E-state index in [4.69, 9.17) is 4.74 Å². The molecular weight excluding hydrogens is 450 g/mol. The van der Waals surface area contributed by atoms with E-state index in [0.717, 1.165) is 50.2 Å². The van der Waals surface area contributed by atoms with Gasteiger partial charge in [0.1, 0.15) is 17.3 Å². The smallest absolute Gasteiger partial charge is 0.246 e. The van der Waals surface area contributed by atoms with Crippen molar-refractivity contribution < 1.29 is 14.3 Å². The minimum absolute atomic E-state index is 0.00590. The fraction of sp³-hybridized carbons (Fsp3) is 0.533. The lowest BCUT2D eigenvalue weighted by atomic mass is 9.80. The van der Waals surface area contributed by atoms with E-state index in [1.807, 2.05) is 29.2 Å². The molecule has 2 aromatic carbocycles. The number of para-hydroxylation sites is 1. The highest BCUT2D eigenvalue weighted by atomic mass is 16.5. The molecule has 2 saturated heterocycles. The number of ether oxygens (including phenoxy) is 1. The lowest BCUT2D eigenvalue weighted by molar-refractivity contribution is -0.162. The molecule has 2 aliphatic rings. The van der Waals surface area contributed by atoms with Gasteiger partial charge in [-0.3, -0.25) is 9.59 Å². The Labute approximate surface area is 216 Å². The number of nitrogens with one attached hydrogen (secondary N) is 1. The van der Waals surface area contributed by atoms with E-state index in [-0.39, 0.29) is 11.8 Å². The molecule has 2 amide bonds. The van der Waals surface area contributed by atoms with Gasteiger partial charge in [-0.05, 0) is 62.6 Å². The molecule has 1 spiro atoms. The maximum Gasteiger partial charge on any atom is 0.246 e. The van der Waals surface area contributed by atoms with Crippen LogP contribution in [0.2, 0.25) is 0 Å². The second kappa shape index (κ2) is 11.9. The number of aryl methyl sites for hydroxylation is 1. The Bertz CT molecular complexity index is 1020. The molecule has 4 rings (SSSR count). The van der Waals surface area contributed by atoms with Crippen LogP contribution in [0.25, 0.3) is 0 Å². The first kappa shape index (κ1) is 26.2. The van der Waals surface area contributed by atoms with E-state index in [1.54, 1.807) is 7.11 Å². The van der Waals surface area contributed by atoms with Crippen molar-refractivity contribution in [1.29, 1.82) is 0 Å². The van der Waals surface area contributed by atoms with Crippen molar-refractivity contribution in [3.63, 3.8) is 0 Å². The van der Waals surface area contributed by atoms with Crippen LogP contribution in [0.1, 0.15) is 57.1 Å². The van der Waals surface area contributed by atoms with Gasteiger partial charge in [0.15, 0.2) is 0 Å². The number of unbranched alkanes of at least 4 members (excludes halogenated alkanes) is 1. The number of carbonyl (C=O) groups excluding carboxylic acids is 2. The fourth-order valence-electron chi connectivity index (χ4n) is 5.69. The molecule has 2 aliphatic heterocycles. The van der Waals surface area contributed by atoms with E-state index in [1.165, 1.54) is 5.56 Å². The van der Waals surface area contributed by atoms with Crippen LogP contribution < -0.4 is 10.1 Å². The molecule has 6 nitrogen and oxygen atoms in total. The third-order valence-corrected chi connectivity index (χ3v) is 7.75. The normalized spacial score (nSPS) is 20.1. The molecule has 1 atom stereocenters. The summed E-state index contributed by atoms with van der Waals surface area (Å²) < 4.78 is 5.57. The second-order valence-corrected chi connectivity index (χ2v) is 10.7. The molecule has 2 aromatic rings. The van der Waals surface area contributed by atoms with Crippen molar-refractivity contribution in [2.75, 3.05) is 26.7 Å². The molecule has 6 heteroatoms. The van der Waals surface area contributed by atoms with Crippen LogP contribution in [0.5, 0.6) is 5.75 Å². The van der Waals surface area contributed by atoms with Crippen LogP contribution in [0.4, 0.5) is 0 Å². The highest BCUT2D eigenvalue weighted by Gasteiger charge is 2.53. The second-order valence-electron chi connectivity index (χ2n) is 10.7. The van der Waals surface area contributed by atoms with E-state index in [9.17, 15) is 9.59 Å². The number of nitrogens with zero attached hydrogens (tertiary/aromatic N) is 2. The molecule has 2 heterocycles. The summed E-state index contributed by atoms with van der Waals surface area (Å²) in [5.74, 6) is 1.11. The first-order chi connectivity index (χ1) is 17.4. The molecule has 0 unspecified atom stereocenters. The summed E-state index contributed by atoms with van der Waals surface area (Å²) in [5, 5.41) is 3.11. The summed E-state index contributed by atoms with van der Waals surface area (Å²) in [4.78, 5) is 31.7. The highest BCUT2D eigenvalue weighted by Crippen LogP contribution is 2.36. The van der Waals surface area contributed by atoms with E-state index < -0.39 is 11.6 Å². The van der Waals surface area contributed by atoms with Crippen molar-refractivity contribution in [3.05, 3.63) is 65.7 Å². The zero-order valence-electron chi connectivity index (χ0n) is 22.0. The van der Waals surface area contributed by atoms with Gasteiger partial charge in [-0.1, -0.05) is 62.4 Å². The van der Waals surface area contributed by atoms with E-state index >= 15 is 0 Å². The molecule has 194 valence electrons. The Balaban J connectivity index is 1.44. The van der Waals surface area contributed by atoms with Gasteiger partial charge in [-0.25, -0.2) is 0 Å². The Kier molecular flexibility index (Phi) is 8.68. The number of hydrogen-bond donors (Lipinski definition) is 1. The summed E-state index contributed by atoms with van der Waals surface area (Å²) in [6.07, 6.45) is 5.35. The first-order valence-corrected chi connectivity index (χ1v) is 13.4. The summed E-state index contributed by atoms with van der Waals surface area (Å²) in [5.41, 5.74) is 1.52. The number of methoxy groups -OCH3 is 1.